The van der Waals surface area contributed by atoms with Crippen LogP contribution < -0.4 is 16.0 Å². The zero-order valence-corrected chi connectivity index (χ0v) is 11.9. The molecule has 1 aromatic rings. The molecule has 1 fully saturated rings. The van der Waals surface area contributed by atoms with Crippen LogP contribution in [0.4, 0.5) is 10.9 Å². The van der Waals surface area contributed by atoms with E-state index in [2.05, 4.69) is 15.2 Å². The molecule has 2 heterocycles. The van der Waals surface area contributed by atoms with Gasteiger partial charge in [0.15, 0.2) is 5.13 Å². The van der Waals surface area contributed by atoms with Gasteiger partial charge in [0.05, 0.1) is 0 Å². The monoisotopic (exact) mass is 284 g/mol. The third kappa shape index (κ3) is 3.36. The second-order valence-electron chi connectivity index (χ2n) is 4.79. The fourth-order valence-corrected chi connectivity index (χ4v) is 3.02. The van der Waals surface area contributed by atoms with Crippen LogP contribution in [0, 0.1) is 0 Å². The summed E-state index contributed by atoms with van der Waals surface area (Å²) in [5, 5.41) is 12.5. The number of nitrogens with zero attached hydrogens (tertiary/aromatic N) is 2. The van der Waals surface area contributed by atoms with E-state index in [4.69, 9.17) is 10.8 Å². The summed E-state index contributed by atoms with van der Waals surface area (Å²) >= 11 is 1.34. The van der Waals surface area contributed by atoms with E-state index in [0.717, 1.165) is 31.1 Å². The Hall–Kier alpha value is -1.34. The number of carbonyl (C=O) groups is 1. The van der Waals surface area contributed by atoms with Gasteiger partial charge in [-0.25, -0.2) is 4.98 Å². The van der Waals surface area contributed by atoms with Gasteiger partial charge < -0.3 is 21.1 Å². The first-order chi connectivity index (χ1) is 9.11. The minimum atomic E-state index is -0.207. The number of hydrogen-bond acceptors (Lipinski definition) is 6. The molecule has 1 saturated heterocycles. The Labute approximate surface area is 116 Å². The number of aliphatic hydroxyl groups excluding tert-OH is 1. The molecule has 0 bridgehead atoms. The highest BCUT2D eigenvalue weighted by Gasteiger charge is 2.22. The SMILES string of the molecule is CC(CCO)NC(=O)c1sc(N2CCCC2)nc1N. The second kappa shape index (κ2) is 6.21. The third-order valence-electron chi connectivity index (χ3n) is 3.16. The van der Waals surface area contributed by atoms with Crippen molar-refractivity contribution in [2.45, 2.75) is 32.2 Å². The highest BCUT2D eigenvalue weighted by atomic mass is 32.1. The number of nitrogens with two attached hydrogens (primary N) is 1. The first kappa shape index (κ1) is 14.1. The van der Waals surface area contributed by atoms with Crippen LogP contribution in [0.5, 0.6) is 0 Å². The van der Waals surface area contributed by atoms with Crippen LogP contribution in [0.15, 0.2) is 0 Å². The van der Waals surface area contributed by atoms with Crippen molar-refractivity contribution in [2.75, 3.05) is 30.3 Å². The van der Waals surface area contributed by atoms with Crippen molar-refractivity contribution in [3.63, 3.8) is 0 Å². The summed E-state index contributed by atoms with van der Waals surface area (Å²) in [6.07, 6.45) is 2.85. The summed E-state index contributed by atoms with van der Waals surface area (Å²) < 4.78 is 0. The number of nitrogens with one attached hydrogen (secondary N) is 1. The predicted molar refractivity (Wildman–Crippen MR) is 76.6 cm³/mol. The summed E-state index contributed by atoms with van der Waals surface area (Å²) in [7, 11) is 0. The Bertz CT molecular complexity index is 443. The molecule has 0 aromatic carbocycles. The number of amides is 1. The lowest BCUT2D eigenvalue weighted by atomic mass is 10.2. The number of aliphatic hydroxyl groups is 1. The molecular formula is C12H20N4O2S. The molecule has 0 aliphatic carbocycles. The lowest BCUT2D eigenvalue weighted by molar-refractivity contribution is 0.0939. The number of thiazole rings is 1. The molecule has 1 unspecified atom stereocenters. The van der Waals surface area contributed by atoms with E-state index >= 15 is 0 Å². The van der Waals surface area contributed by atoms with Gasteiger partial charge in [-0.1, -0.05) is 11.3 Å². The Morgan fingerprint density at radius 2 is 2.26 bits per heavy atom. The van der Waals surface area contributed by atoms with Crippen LogP contribution in [0.3, 0.4) is 0 Å². The molecule has 0 saturated carbocycles. The maximum absolute atomic E-state index is 12.1. The fraction of sp³-hybridized carbons (Fsp3) is 0.667. The Morgan fingerprint density at radius 3 is 2.89 bits per heavy atom. The molecule has 106 valence electrons. The smallest absolute Gasteiger partial charge is 0.265 e. The molecule has 6 nitrogen and oxygen atoms in total. The standard InChI is InChI=1S/C12H20N4O2S/c1-8(4-7-17)14-11(18)9-10(13)15-12(19-9)16-5-2-3-6-16/h8,17H,2-7,13H2,1H3,(H,14,18). The van der Waals surface area contributed by atoms with Crippen LogP contribution in [0.1, 0.15) is 35.9 Å². The van der Waals surface area contributed by atoms with Gasteiger partial charge in [0.25, 0.3) is 5.91 Å². The molecule has 1 aromatic heterocycles. The lowest BCUT2D eigenvalue weighted by Gasteiger charge is -2.12. The molecule has 19 heavy (non-hydrogen) atoms. The number of hydrogen-bond donors (Lipinski definition) is 3. The molecule has 1 amide bonds. The second-order valence-corrected chi connectivity index (χ2v) is 5.77. The van der Waals surface area contributed by atoms with Gasteiger partial charge in [-0.15, -0.1) is 0 Å². The third-order valence-corrected chi connectivity index (χ3v) is 4.30. The topological polar surface area (TPSA) is 91.5 Å². The van der Waals surface area contributed by atoms with E-state index in [0.29, 0.717) is 17.1 Å². The van der Waals surface area contributed by atoms with Crippen LogP contribution >= 0.6 is 11.3 Å². The number of rotatable bonds is 5. The van der Waals surface area contributed by atoms with E-state index in [9.17, 15) is 4.79 Å². The molecular weight excluding hydrogens is 264 g/mol. The summed E-state index contributed by atoms with van der Waals surface area (Å²) in [5.41, 5.74) is 5.82. The first-order valence-corrected chi connectivity index (χ1v) is 7.36. The van der Waals surface area contributed by atoms with E-state index < -0.39 is 0 Å². The van der Waals surface area contributed by atoms with E-state index in [1.165, 1.54) is 11.3 Å². The van der Waals surface area contributed by atoms with Gasteiger partial charge in [-0.2, -0.15) is 0 Å². The van der Waals surface area contributed by atoms with Crippen molar-refractivity contribution in [3.8, 4) is 0 Å². The maximum Gasteiger partial charge on any atom is 0.265 e. The van der Waals surface area contributed by atoms with Crippen molar-refractivity contribution in [3.05, 3.63) is 4.88 Å². The summed E-state index contributed by atoms with van der Waals surface area (Å²) in [6, 6.07) is -0.0748. The van der Waals surface area contributed by atoms with Crippen LogP contribution in [-0.4, -0.2) is 41.7 Å². The van der Waals surface area contributed by atoms with E-state index in [1.54, 1.807) is 0 Å². The van der Waals surface area contributed by atoms with Gasteiger partial charge >= 0.3 is 0 Å². The molecule has 0 spiro atoms. The average Bonchev–Trinajstić information content (AvgIpc) is 2.97. The van der Waals surface area contributed by atoms with Gasteiger partial charge in [0.1, 0.15) is 10.7 Å². The van der Waals surface area contributed by atoms with Gasteiger partial charge in [-0.3, -0.25) is 4.79 Å². The average molecular weight is 284 g/mol. The van der Waals surface area contributed by atoms with E-state index in [-0.39, 0.29) is 18.6 Å². The Kier molecular flexibility index (Phi) is 4.60. The maximum atomic E-state index is 12.1. The molecule has 2 rings (SSSR count). The van der Waals surface area contributed by atoms with Gasteiger partial charge in [0, 0.05) is 25.7 Å². The minimum Gasteiger partial charge on any atom is -0.396 e. The lowest BCUT2D eigenvalue weighted by Crippen LogP contribution is -2.33. The van der Waals surface area contributed by atoms with E-state index in [1.807, 2.05) is 6.92 Å². The molecule has 1 aliphatic rings. The normalized spacial score (nSPS) is 16.6. The van der Waals surface area contributed by atoms with Crippen molar-refractivity contribution >= 4 is 28.2 Å². The van der Waals surface area contributed by atoms with Crippen LogP contribution in [-0.2, 0) is 0 Å². The zero-order chi connectivity index (χ0) is 13.8. The van der Waals surface area contributed by atoms with Crippen molar-refractivity contribution in [1.82, 2.24) is 10.3 Å². The number of anilines is 2. The zero-order valence-electron chi connectivity index (χ0n) is 11.1. The highest BCUT2D eigenvalue weighted by Crippen LogP contribution is 2.30. The van der Waals surface area contributed by atoms with Crippen LogP contribution in [0.2, 0.25) is 0 Å². The molecule has 0 radical (unpaired) electrons. The molecule has 1 atom stereocenters. The van der Waals surface area contributed by atoms with Crippen molar-refractivity contribution < 1.29 is 9.90 Å². The van der Waals surface area contributed by atoms with Crippen molar-refractivity contribution in [2.24, 2.45) is 0 Å². The molecule has 7 heteroatoms. The fourth-order valence-electron chi connectivity index (χ4n) is 2.08. The van der Waals surface area contributed by atoms with Gasteiger partial charge in [-0.05, 0) is 26.2 Å². The van der Waals surface area contributed by atoms with Crippen molar-refractivity contribution in [1.29, 1.82) is 0 Å². The van der Waals surface area contributed by atoms with Gasteiger partial charge in [0.2, 0.25) is 0 Å². The quantitative estimate of drug-likeness (QED) is 0.745. The molecule has 1 aliphatic heterocycles. The number of aromatic nitrogens is 1. The summed E-state index contributed by atoms with van der Waals surface area (Å²) in [4.78, 5) is 19.0. The number of carbonyl (C=O) groups excluding carboxylic acids is 1. The summed E-state index contributed by atoms with van der Waals surface area (Å²) in [5.74, 6) is 0.0852. The van der Waals surface area contributed by atoms with Crippen LogP contribution in [0.25, 0.3) is 0 Å². The largest absolute Gasteiger partial charge is 0.396 e. The Balaban J connectivity index is 2.05. The summed E-state index contributed by atoms with van der Waals surface area (Å²) in [6.45, 7) is 3.87. The first-order valence-electron chi connectivity index (χ1n) is 6.54. The minimum absolute atomic E-state index is 0.0542. The Morgan fingerprint density at radius 1 is 1.58 bits per heavy atom. The predicted octanol–water partition coefficient (Wildman–Crippen LogP) is 0.826. The highest BCUT2D eigenvalue weighted by molar-refractivity contribution is 7.18. The molecule has 4 N–H and O–H groups in total. The number of nitrogen functional groups attached to an aromatic ring is 1.